The van der Waals surface area contributed by atoms with Gasteiger partial charge in [-0.1, -0.05) is 0 Å². The molecular formula is C23H34N8O. The summed E-state index contributed by atoms with van der Waals surface area (Å²) in [5, 5.41) is 17.3. The number of hydrogen-bond acceptors (Lipinski definition) is 8. The van der Waals surface area contributed by atoms with Crippen LogP contribution >= 0.6 is 0 Å². The summed E-state index contributed by atoms with van der Waals surface area (Å²) in [4.78, 5) is 20.9. The third kappa shape index (κ3) is 4.37. The lowest BCUT2D eigenvalue weighted by Crippen LogP contribution is -2.47. The molecular weight excluding hydrogens is 404 g/mol. The van der Waals surface area contributed by atoms with Crippen LogP contribution in [0.15, 0.2) is 24.5 Å². The number of quaternary nitrogens is 1. The lowest BCUT2D eigenvalue weighted by molar-refractivity contribution is -0.907. The minimum absolute atomic E-state index is 0.232. The number of rotatable bonds is 5. The van der Waals surface area contributed by atoms with Crippen LogP contribution in [0.1, 0.15) is 30.9 Å². The van der Waals surface area contributed by atoms with E-state index in [2.05, 4.69) is 44.2 Å². The van der Waals surface area contributed by atoms with E-state index < -0.39 is 0 Å². The molecule has 2 saturated heterocycles. The van der Waals surface area contributed by atoms with Crippen LogP contribution in [0.3, 0.4) is 0 Å². The molecule has 9 heteroatoms. The molecule has 2 atom stereocenters. The first-order chi connectivity index (χ1) is 15.5. The summed E-state index contributed by atoms with van der Waals surface area (Å²) in [7, 11) is 2.15. The van der Waals surface area contributed by atoms with Crippen molar-refractivity contribution in [2.45, 2.75) is 38.9 Å². The Hall–Kier alpha value is -2.49. The van der Waals surface area contributed by atoms with Crippen molar-refractivity contribution in [3.63, 3.8) is 0 Å². The second kappa shape index (κ2) is 8.80. The van der Waals surface area contributed by atoms with Crippen molar-refractivity contribution < 1.29 is 4.65 Å². The molecule has 1 N–H and O–H groups in total. The van der Waals surface area contributed by atoms with Gasteiger partial charge in [0.1, 0.15) is 24.7 Å². The molecule has 3 aliphatic heterocycles. The zero-order valence-corrected chi connectivity index (χ0v) is 19.2. The Bertz CT molecular complexity index is 930. The van der Waals surface area contributed by atoms with Gasteiger partial charge >= 0.3 is 0 Å². The second-order valence-electron chi connectivity index (χ2n) is 9.43. The number of likely N-dealkylation sites (N-methyl/N-ethyl adjacent to an activating group) is 1. The molecule has 5 heterocycles. The molecule has 5 rings (SSSR count). The van der Waals surface area contributed by atoms with Crippen molar-refractivity contribution in [2.24, 2.45) is 0 Å². The van der Waals surface area contributed by atoms with Gasteiger partial charge in [0.2, 0.25) is 5.95 Å². The van der Waals surface area contributed by atoms with Crippen LogP contribution in [0.2, 0.25) is 0 Å². The molecule has 2 aromatic heterocycles. The van der Waals surface area contributed by atoms with Crippen LogP contribution in [0.25, 0.3) is 0 Å². The zero-order valence-electron chi connectivity index (χ0n) is 19.2. The molecule has 0 saturated carbocycles. The van der Waals surface area contributed by atoms with Crippen molar-refractivity contribution in [1.82, 2.24) is 19.9 Å². The summed E-state index contributed by atoms with van der Waals surface area (Å²) in [5.41, 5.74) is 1.95. The fourth-order valence-electron chi connectivity index (χ4n) is 5.25. The number of nitrogens with zero attached hydrogens (tertiary/aromatic N) is 7. The highest BCUT2D eigenvalue weighted by Crippen LogP contribution is 2.35. The molecule has 0 radical (unpaired) electrons. The van der Waals surface area contributed by atoms with Gasteiger partial charge in [0.25, 0.3) is 0 Å². The topological polar surface area (TPSA) is 83.5 Å². The number of pyridine rings is 1. The number of piperazine rings is 1. The lowest BCUT2D eigenvalue weighted by atomic mass is 10.1. The van der Waals surface area contributed by atoms with Crippen molar-refractivity contribution >= 4 is 17.6 Å². The standard InChI is InChI=1S/C23H34N8O/c1-3-24-23-26-14-19-16-31(32,17-20-5-4-8-30(20)22(19)27-23)15-18-6-7-21(25-13-18)29-11-9-28(2)10-12-29/h6-7,13-14,20H,3-5,8-12,15-17H2,1-2H3,(H,24,26,27)/t20-,31?/m0/s1. The van der Waals surface area contributed by atoms with Crippen LogP contribution < -0.4 is 15.1 Å². The fraction of sp³-hybridized carbons (Fsp3) is 0.609. The monoisotopic (exact) mass is 438 g/mol. The molecule has 0 aromatic carbocycles. The summed E-state index contributed by atoms with van der Waals surface area (Å²) in [6.45, 7) is 9.27. The van der Waals surface area contributed by atoms with Crippen LogP contribution in [0, 0.1) is 5.21 Å². The molecule has 3 aliphatic rings. The first-order valence-electron chi connectivity index (χ1n) is 11.8. The Kier molecular flexibility index (Phi) is 5.88. The van der Waals surface area contributed by atoms with Crippen molar-refractivity contribution in [3.8, 4) is 0 Å². The Morgan fingerprint density at radius 1 is 1.12 bits per heavy atom. The van der Waals surface area contributed by atoms with Gasteiger partial charge in [-0.25, -0.2) is 9.97 Å². The SMILES string of the molecule is CCNc1ncc2c(n1)N1CCC[C@H]1C[N+]([O-])(Cc1ccc(N3CCN(C)CC3)nc1)C2. The second-order valence-corrected chi connectivity index (χ2v) is 9.43. The molecule has 172 valence electrons. The lowest BCUT2D eigenvalue weighted by Gasteiger charge is -2.43. The van der Waals surface area contributed by atoms with Gasteiger partial charge in [0, 0.05) is 57.2 Å². The zero-order chi connectivity index (χ0) is 22.1. The number of hydrogen-bond donors (Lipinski definition) is 1. The Morgan fingerprint density at radius 2 is 1.97 bits per heavy atom. The maximum absolute atomic E-state index is 14.0. The van der Waals surface area contributed by atoms with E-state index in [1.807, 2.05) is 19.3 Å². The quantitative estimate of drug-likeness (QED) is 0.561. The average Bonchev–Trinajstić information content (AvgIpc) is 3.19. The smallest absolute Gasteiger partial charge is 0.224 e. The third-order valence-electron chi connectivity index (χ3n) is 6.93. The van der Waals surface area contributed by atoms with Crippen LogP contribution in [-0.2, 0) is 13.1 Å². The molecule has 1 unspecified atom stereocenters. The van der Waals surface area contributed by atoms with Crippen LogP contribution in [-0.4, -0.2) is 83.4 Å². The van der Waals surface area contributed by atoms with E-state index in [4.69, 9.17) is 9.97 Å². The molecule has 32 heavy (non-hydrogen) atoms. The van der Waals surface area contributed by atoms with Gasteiger partial charge in [0.05, 0.1) is 18.2 Å². The molecule has 0 bridgehead atoms. The van der Waals surface area contributed by atoms with E-state index in [9.17, 15) is 5.21 Å². The summed E-state index contributed by atoms with van der Waals surface area (Å²) < 4.78 is -0.284. The summed E-state index contributed by atoms with van der Waals surface area (Å²) in [6.07, 6.45) is 5.89. The minimum Gasteiger partial charge on any atom is -0.632 e. The maximum Gasteiger partial charge on any atom is 0.224 e. The van der Waals surface area contributed by atoms with E-state index in [1.54, 1.807) is 0 Å². The predicted molar refractivity (Wildman–Crippen MR) is 126 cm³/mol. The molecule has 2 aromatic rings. The van der Waals surface area contributed by atoms with Gasteiger partial charge in [-0.2, -0.15) is 4.98 Å². The van der Waals surface area contributed by atoms with Gasteiger partial charge < -0.3 is 29.9 Å². The van der Waals surface area contributed by atoms with E-state index in [-0.39, 0.29) is 10.7 Å². The fourth-order valence-corrected chi connectivity index (χ4v) is 5.25. The summed E-state index contributed by atoms with van der Waals surface area (Å²) in [6, 6.07) is 4.39. The number of fused-ring (bicyclic) bond motifs is 3. The van der Waals surface area contributed by atoms with E-state index in [1.165, 1.54) is 0 Å². The number of hydroxylamine groups is 3. The van der Waals surface area contributed by atoms with Crippen LogP contribution in [0.4, 0.5) is 17.6 Å². The normalized spacial score (nSPS) is 25.9. The van der Waals surface area contributed by atoms with Gasteiger partial charge in [-0.15, -0.1) is 0 Å². The number of anilines is 3. The molecule has 0 amide bonds. The van der Waals surface area contributed by atoms with Crippen molar-refractivity contribution in [2.75, 3.05) is 68.0 Å². The Labute approximate surface area is 190 Å². The number of nitrogens with one attached hydrogen (secondary N) is 1. The Balaban J connectivity index is 1.35. The highest BCUT2D eigenvalue weighted by molar-refractivity contribution is 5.52. The number of aromatic nitrogens is 3. The first kappa shape index (κ1) is 21.4. The Morgan fingerprint density at radius 3 is 2.72 bits per heavy atom. The molecule has 0 aliphatic carbocycles. The highest BCUT2D eigenvalue weighted by Gasteiger charge is 2.38. The van der Waals surface area contributed by atoms with Crippen molar-refractivity contribution in [1.29, 1.82) is 0 Å². The third-order valence-corrected chi connectivity index (χ3v) is 6.93. The van der Waals surface area contributed by atoms with Gasteiger partial charge in [-0.3, -0.25) is 0 Å². The summed E-state index contributed by atoms with van der Waals surface area (Å²) >= 11 is 0. The molecule has 2 fully saturated rings. The maximum atomic E-state index is 14.0. The van der Waals surface area contributed by atoms with E-state index in [0.29, 0.717) is 25.6 Å². The summed E-state index contributed by atoms with van der Waals surface area (Å²) in [5.74, 6) is 2.59. The van der Waals surface area contributed by atoms with Gasteiger partial charge in [0.15, 0.2) is 0 Å². The predicted octanol–water partition coefficient (Wildman–Crippen LogP) is 2.05. The average molecular weight is 439 g/mol. The van der Waals surface area contributed by atoms with Crippen molar-refractivity contribution in [3.05, 3.63) is 40.9 Å². The minimum atomic E-state index is -0.284. The van der Waals surface area contributed by atoms with Gasteiger partial charge in [-0.05, 0) is 38.9 Å². The highest BCUT2D eigenvalue weighted by atomic mass is 16.5. The molecule has 0 spiro atoms. The van der Waals surface area contributed by atoms with E-state index in [0.717, 1.165) is 74.9 Å². The largest absolute Gasteiger partial charge is 0.632 e. The van der Waals surface area contributed by atoms with Crippen LogP contribution in [0.5, 0.6) is 0 Å². The molecule has 9 nitrogen and oxygen atoms in total. The van der Waals surface area contributed by atoms with E-state index >= 15 is 0 Å². The first-order valence-corrected chi connectivity index (χ1v) is 11.8.